The zero-order chi connectivity index (χ0) is 11.8. The molecule has 0 bridgehead atoms. The first-order valence-corrected chi connectivity index (χ1v) is 6.57. The number of anilines is 1. The number of nitrogens with one attached hydrogen (secondary N) is 1. The minimum absolute atomic E-state index is 0.0319. The zero-order valence-electron chi connectivity index (χ0n) is 8.93. The second-order valence-corrected chi connectivity index (χ2v) is 5.24. The maximum atomic E-state index is 11.5. The Balaban J connectivity index is 2.49. The van der Waals surface area contributed by atoms with E-state index < -0.39 is 10.0 Å². The van der Waals surface area contributed by atoms with Crippen LogP contribution in [0.25, 0.3) is 0 Å². The third-order valence-corrected chi connectivity index (χ3v) is 3.34. The normalized spacial score (nSPS) is 15.9. The highest BCUT2D eigenvalue weighted by molar-refractivity contribution is 7.89. The van der Waals surface area contributed by atoms with Crippen molar-refractivity contribution in [3.05, 3.63) is 18.2 Å². The summed E-state index contributed by atoms with van der Waals surface area (Å²) in [5.74, 6) is 0.330. The molecule has 0 aliphatic heterocycles. The number of hydrogen-bond acceptors (Lipinski definition) is 4. The Bertz CT molecular complexity index is 495. The fourth-order valence-corrected chi connectivity index (χ4v) is 2.34. The monoisotopic (exact) mass is 242 g/mol. The van der Waals surface area contributed by atoms with Crippen LogP contribution in [0.2, 0.25) is 0 Å². The van der Waals surface area contributed by atoms with Crippen molar-refractivity contribution in [3.8, 4) is 5.75 Å². The van der Waals surface area contributed by atoms with E-state index >= 15 is 0 Å². The van der Waals surface area contributed by atoms with Crippen LogP contribution in [-0.4, -0.2) is 21.6 Å². The summed E-state index contributed by atoms with van der Waals surface area (Å²) in [5, 5.41) is 7.98. The first kappa shape index (κ1) is 11.2. The molecule has 0 heterocycles. The lowest BCUT2D eigenvalue weighted by atomic mass is 10.3. The summed E-state index contributed by atoms with van der Waals surface area (Å²) in [6.07, 6.45) is 2.06. The van der Waals surface area contributed by atoms with Crippen LogP contribution in [0.15, 0.2) is 23.1 Å². The molecule has 1 aromatic carbocycles. The molecule has 0 radical (unpaired) electrons. The molecule has 0 amide bonds. The van der Waals surface area contributed by atoms with Gasteiger partial charge in [-0.05, 0) is 25.0 Å². The van der Waals surface area contributed by atoms with Crippen LogP contribution in [0.1, 0.15) is 12.8 Å². The topological polar surface area (TPSA) is 81.4 Å². The van der Waals surface area contributed by atoms with Gasteiger partial charge < -0.3 is 10.1 Å². The fraction of sp³-hybridized carbons (Fsp3) is 0.400. The lowest BCUT2D eigenvalue weighted by molar-refractivity contribution is 0.295. The highest BCUT2D eigenvalue weighted by Gasteiger charge is 2.27. The van der Waals surface area contributed by atoms with Gasteiger partial charge in [-0.2, -0.15) is 0 Å². The van der Waals surface area contributed by atoms with Gasteiger partial charge in [-0.15, -0.1) is 0 Å². The molecule has 2 rings (SSSR count). The number of rotatable bonds is 4. The number of nitrogens with two attached hydrogens (primary N) is 1. The Morgan fingerprint density at radius 1 is 1.44 bits per heavy atom. The van der Waals surface area contributed by atoms with Gasteiger partial charge in [0, 0.05) is 7.05 Å². The maximum absolute atomic E-state index is 11.5. The third-order valence-electron chi connectivity index (χ3n) is 2.35. The van der Waals surface area contributed by atoms with Gasteiger partial charge in [0.05, 0.1) is 11.8 Å². The zero-order valence-corrected chi connectivity index (χ0v) is 9.75. The molecule has 0 atom stereocenters. The predicted octanol–water partition coefficient (Wildman–Crippen LogP) is 0.917. The molecule has 1 aliphatic carbocycles. The Kier molecular flexibility index (Phi) is 2.77. The SMILES string of the molecule is CNc1cccc(OC2CC2)c1S(N)(=O)=O. The van der Waals surface area contributed by atoms with Crippen molar-refractivity contribution in [1.82, 2.24) is 0 Å². The molecule has 1 aliphatic rings. The van der Waals surface area contributed by atoms with E-state index in [9.17, 15) is 8.42 Å². The summed E-state index contributed by atoms with van der Waals surface area (Å²) in [6, 6.07) is 5.01. The average molecular weight is 242 g/mol. The second-order valence-electron chi connectivity index (χ2n) is 3.75. The van der Waals surface area contributed by atoms with Crippen LogP contribution < -0.4 is 15.2 Å². The first-order chi connectivity index (χ1) is 7.52. The molecule has 1 saturated carbocycles. The van der Waals surface area contributed by atoms with Crippen LogP contribution in [0.3, 0.4) is 0 Å². The van der Waals surface area contributed by atoms with E-state index in [1.54, 1.807) is 25.2 Å². The highest BCUT2D eigenvalue weighted by Crippen LogP contribution is 2.34. The molecular formula is C10H14N2O3S. The number of hydrogen-bond donors (Lipinski definition) is 2. The molecule has 1 fully saturated rings. The smallest absolute Gasteiger partial charge is 0.243 e. The van der Waals surface area contributed by atoms with Crippen LogP contribution in [0.5, 0.6) is 5.75 Å². The number of primary sulfonamides is 1. The van der Waals surface area contributed by atoms with Gasteiger partial charge in [-0.25, -0.2) is 13.6 Å². The molecular weight excluding hydrogens is 228 g/mol. The number of ether oxygens (including phenoxy) is 1. The Hall–Kier alpha value is -1.27. The summed E-state index contributed by atoms with van der Waals surface area (Å²) >= 11 is 0. The van der Waals surface area contributed by atoms with E-state index in [4.69, 9.17) is 9.88 Å². The molecule has 88 valence electrons. The van der Waals surface area contributed by atoms with Crippen LogP contribution in [0.4, 0.5) is 5.69 Å². The molecule has 1 aromatic rings. The summed E-state index contributed by atoms with van der Waals surface area (Å²) < 4.78 is 28.5. The van der Waals surface area contributed by atoms with Gasteiger partial charge in [0.25, 0.3) is 0 Å². The number of benzene rings is 1. The number of sulfonamides is 1. The van der Waals surface area contributed by atoms with Crippen molar-refractivity contribution in [1.29, 1.82) is 0 Å². The quantitative estimate of drug-likeness (QED) is 0.822. The molecule has 0 saturated heterocycles. The van der Waals surface area contributed by atoms with E-state index in [2.05, 4.69) is 5.32 Å². The summed E-state index contributed by atoms with van der Waals surface area (Å²) in [4.78, 5) is 0.0319. The lowest BCUT2D eigenvalue weighted by Crippen LogP contribution is -2.16. The minimum atomic E-state index is -3.78. The van der Waals surface area contributed by atoms with Crippen LogP contribution >= 0.6 is 0 Å². The van der Waals surface area contributed by atoms with Gasteiger partial charge >= 0.3 is 0 Å². The fourth-order valence-electron chi connectivity index (χ4n) is 1.46. The molecule has 16 heavy (non-hydrogen) atoms. The van der Waals surface area contributed by atoms with Crippen LogP contribution in [0, 0.1) is 0 Å². The second kappa shape index (κ2) is 3.95. The van der Waals surface area contributed by atoms with Crippen molar-refractivity contribution in [3.63, 3.8) is 0 Å². The van der Waals surface area contributed by atoms with Gasteiger partial charge in [-0.3, -0.25) is 0 Å². The lowest BCUT2D eigenvalue weighted by Gasteiger charge is -2.13. The summed E-state index contributed by atoms with van der Waals surface area (Å²) in [5.41, 5.74) is 0.459. The van der Waals surface area contributed by atoms with E-state index in [1.807, 2.05) is 0 Å². The predicted molar refractivity (Wildman–Crippen MR) is 61.0 cm³/mol. The van der Waals surface area contributed by atoms with E-state index in [-0.39, 0.29) is 11.0 Å². The third kappa shape index (κ3) is 2.28. The first-order valence-electron chi connectivity index (χ1n) is 5.02. The standard InChI is InChI=1S/C10H14N2O3S/c1-12-8-3-2-4-9(15-7-5-6-7)10(8)16(11,13)14/h2-4,7,12H,5-6H2,1H3,(H2,11,13,14). The Morgan fingerprint density at radius 3 is 2.62 bits per heavy atom. The van der Waals surface area contributed by atoms with Crippen molar-refractivity contribution >= 4 is 15.7 Å². The Morgan fingerprint density at radius 2 is 2.12 bits per heavy atom. The van der Waals surface area contributed by atoms with Crippen molar-refractivity contribution in [2.75, 3.05) is 12.4 Å². The van der Waals surface area contributed by atoms with Gasteiger partial charge in [0.2, 0.25) is 10.0 Å². The molecule has 3 N–H and O–H groups in total. The maximum Gasteiger partial charge on any atom is 0.243 e. The minimum Gasteiger partial charge on any atom is -0.489 e. The Labute approximate surface area is 94.6 Å². The molecule has 0 spiro atoms. The van der Waals surface area contributed by atoms with Gasteiger partial charge in [0.1, 0.15) is 10.6 Å². The van der Waals surface area contributed by atoms with E-state index in [0.717, 1.165) is 12.8 Å². The van der Waals surface area contributed by atoms with Gasteiger partial charge in [0.15, 0.2) is 0 Å². The van der Waals surface area contributed by atoms with E-state index in [0.29, 0.717) is 11.4 Å². The molecule has 0 aromatic heterocycles. The molecule has 5 nitrogen and oxygen atoms in total. The molecule has 6 heteroatoms. The summed E-state index contributed by atoms with van der Waals surface area (Å²) in [7, 11) is -2.14. The highest BCUT2D eigenvalue weighted by atomic mass is 32.2. The average Bonchev–Trinajstić information content (AvgIpc) is 2.99. The van der Waals surface area contributed by atoms with Crippen molar-refractivity contribution < 1.29 is 13.2 Å². The molecule has 0 unspecified atom stereocenters. The van der Waals surface area contributed by atoms with Gasteiger partial charge in [-0.1, -0.05) is 6.07 Å². The largest absolute Gasteiger partial charge is 0.489 e. The van der Waals surface area contributed by atoms with Crippen molar-refractivity contribution in [2.24, 2.45) is 5.14 Å². The van der Waals surface area contributed by atoms with Crippen LogP contribution in [-0.2, 0) is 10.0 Å². The summed E-state index contributed by atoms with van der Waals surface area (Å²) in [6.45, 7) is 0. The van der Waals surface area contributed by atoms with E-state index in [1.165, 1.54) is 0 Å². The van der Waals surface area contributed by atoms with Crippen molar-refractivity contribution in [2.45, 2.75) is 23.8 Å².